The molecule has 0 aliphatic rings. The molecular weight excluding hydrogens is 657 g/mol. The van der Waals surface area contributed by atoms with Crippen LogP contribution in [0.4, 0.5) is 0 Å². The van der Waals surface area contributed by atoms with Gasteiger partial charge in [0.1, 0.15) is 27.9 Å². The molecule has 264 valence electrons. The fraction of sp³-hybridized carbons (Fsp3) is 0.400. The Bertz CT molecular complexity index is 1980. The first kappa shape index (κ1) is 38.1. The molecule has 4 aromatic carbocycles. The van der Waals surface area contributed by atoms with E-state index >= 15 is 0 Å². The van der Waals surface area contributed by atoms with Crippen molar-refractivity contribution in [1.29, 1.82) is 0 Å². The van der Waals surface area contributed by atoms with E-state index in [0.717, 1.165) is 24.5 Å². The maximum Gasteiger partial charge on any atom is 0.298 e. The van der Waals surface area contributed by atoms with Crippen LogP contribution in [0.25, 0.3) is 0 Å². The average molecular weight is 707 g/mol. The minimum atomic E-state index is -4.84. The number of hydrogen-bond acceptors (Lipinski definition) is 6. The van der Waals surface area contributed by atoms with Gasteiger partial charge in [-0.25, -0.2) is 8.42 Å². The lowest BCUT2D eigenvalue weighted by molar-refractivity contribution is 0.283. The Balaban J connectivity index is 1.53. The molecule has 9 heteroatoms. The average Bonchev–Trinajstić information content (AvgIpc) is 2.95. The summed E-state index contributed by atoms with van der Waals surface area (Å²) in [5.41, 5.74) is 2.48. The van der Waals surface area contributed by atoms with Gasteiger partial charge in [0, 0.05) is 0 Å². The van der Waals surface area contributed by atoms with Gasteiger partial charge in [0.05, 0.1) is 9.79 Å². The van der Waals surface area contributed by atoms with Crippen LogP contribution in [0.3, 0.4) is 0 Å². The number of sulfone groups is 1. The van der Waals surface area contributed by atoms with Crippen molar-refractivity contribution in [2.75, 3.05) is 0 Å². The fourth-order valence-electron chi connectivity index (χ4n) is 6.83. The molecule has 0 aliphatic heterocycles. The molecule has 0 saturated carbocycles. The Morgan fingerprint density at radius 2 is 0.878 bits per heavy atom. The van der Waals surface area contributed by atoms with Gasteiger partial charge in [-0.15, -0.1) is 0 Å². The Labute approximate surface area is 293 Å². The van der Waals surface area contributed by atoms with Crippen molar-refractivity contribution < 1.29 is 30.9 Å². The highest BCUT2D eigenvalue weighted by molar-refractivity contribution is 7.91. The molecule has 49 heavy (non-hydrogen) atoms. The molecule has 0 amide bonds. The monoisotopic (exact) mass is 706 g/mol. The van der Waals surface area contributed by atoms with Crippen LogP contribution in [-0.2, 0) is 30.8 Å². The number of rotatable bonds is 11. The van der Waals surface area contributed by atoms with Crippen LogP contribution < -0.4 is 9.47 Å². The molecular formula is C40H50O7S2. The molecule has 0 atom stereocenters. The maximum absolute atomic E-state index is 13.6. The first-order chi connectivity index (χ1) is 22.4. The smallest absolute Gasteiger partial charge is 0.298 e. The second-order valence-corrected chi connectivity index (χ2v) is 19.9. The second kappa shape index (κ2) is 13.6. The normalized spacial score (nSPS) is 13.3. The quantitative estimate of drug-likeness (QED) is 0.155. The van der Waals surface area contributed by atoms with E-state index in [4.69, 9.17) is 9.47 Å². The van der Waals surface area contributed by atoms with Crippen LogP contribution in [0.15, 0.2) is 106 Å². The molecule has 4 rings (SSSR count). The van der Waals surface area contributed by atoms with Gasteiger partial charge in [-0.05, 0) is 112 Å². The third kappa shape index (κ3) is 9.96. The Morgan fingerprint density at radius 3 is 1.27 bits per heavy atom. The number of benzene rings is 4. The highest BCUT2D eigenvalue weighted by atomic mass is 32.2. The molecule has 7 nitrogen and oxygen atoms in total. The van der Waals surface area contributed by atoms with E-state index < -0.39 is 24.9 Å². The number of hydrogen-bond donors (Lipinski definition) is 1. The second-order valence-electron chi connectivity index (χ2n) is 16.6. The first-order valence-electron chi connectivity index (χ1n) is 16.4. The molecule has 0 aliphatic carbocycles. The third-order valence-corrected chi connectivity index (χ3v) is 11.0. The third-order valence-electron chi connectivity index (χ3n) is 8.32. The molecule has 0 heterocycles. The summed E-state index contributed by atoms with van der Waals surface area (Å²) in [7, 11) is -9.00. The van der Waals surface area contributed by atoms with Crippen LogP contribution in [0.5, 0.6) is 23.0 Å². The summed E-state index contributed by atoms with van der Waals surface area (Å²) in [6.07, 6.45) is 1.96. The van der Waals surface area contributed by atoms with Gasteiger partial charge in [0.15, 0.2) is 0 Å². The molecule has 0 fully saturated rings. The van der Waals surface area contributed by atoms with Gasteiger partial charge < -0.3 is 9.47 Å². The van der Waals surface area contributed by atoms with E-state index in [2.05, 4.69) is 69.2 Å². The summed E-state index contributed by atoms with van der Waals surface area (Å²) in [4.78, 5) is -1.03. The van der Waals surface area contributed by atoms with Crippen LogP contribution in [-0.4, -0.2) is 21.4 Å². The van der Waals surface area contributed by atoms with E-state index in [0.29, 0.717) is 17.2 Å². The van der Waals surface area contributed by atoms with Crippen LogP contribution in [0.2, 0.25) is 0 Å². The minimum Gasteiger partial charge on any atom is -0.457 e. The maximum atomic E-state index is 13.6. The molecule has 0 saturated heterocycles. The Hall–Kier alpha value is -3.66. The van der Waals surface area contributed by atoms with Crippen molar-refractivity contribution in [2.45, 2.75) is 108 Å². The van der Waals surface area contributed by atoms with Gasteiger partial charge in [-0.2, -0.15) is 8.42 Å². The van der Waals surface area contributed by atoms with Crippen molar-refractivity contribution in [3.63, 3.8) is 0 Å². The molecule has 4 aromatic rings. The van der Waals surface area contributed by atoms with Crippen molar-refractivity contribution in [3.8, 4) is 23.0 Å². The van der Waals surface area contributed by atoms with E-state index in [9.17, 15) is 21.4 Å². The van der Waals surface area contributed by atoms with Gasteiger partial charge >= 0.3 is 0 Å². The lowest BCUT2D eigenvalue weighted by Gasteiger charge is -2.33. The Kier molecular flexibility index (Phi) is 10.6. The van der Waals surface area contributed by atoms with Gasteiger partial charge in [-0.3, -0.25) is 4.55 Å². The molecule has 0 unspecified atom stereocenters. The lowest BCUT2D eigenvalue weighted by atomic mass is 9.72. The predicted molar refractivity (Wildman–Crippen MR) is 195 cm³/mol. The van der Waals surface area contributed by atoms with Crippen molar-refractivity contribution in [3.05, 3.63) is 102 Å². The zero-order chi connectivity index (χ0) is 36.6. The van der Waals surface area contributed by atoms with Gasteiger partial charge in [0.25, 0.3) is 10.1 Å². The van der Waals surface area contributed by atoms with Crippen molar-refractivity contribution >= 4 is 20.0 Å². The van der Waals surface area contributed by atoms with Gasteiger partial charge in [0.2, 0.25) is 9.84 Å². The van der Waals surface area contributed by atoms with Crippen LogP contribution >= 0.6 is 0 Å². The SMILES string of the molecule is CC(C)(C)CC(C)(C)c1ccc(Oc2ccc(S(=O)(=O)c3ccc(Oc4ccc(C(C)(C)CC(C)(C)C)cc4)c(S(=O)(=O)O)c3)cc2)cc1. The summed E-state index contributed by atoms with van der Waals surface area (Å²) < 4.78 is 73.8. The summed E-state index contributed by atoms with van der Waals surface area (Å²) in [6.45, 7) is 22.0. The topological polar surface area (TPSA) is 107 Å². The lowest BCUT2D eigenvalue weighted by Crippen LogP contribution is -2.24. The zero-order valence-electron chi connectivity index (χ0n) is 30.3. The largest absolute Gasteiger partial charge is 0.457 e. The highest BCUT2D eigenvalue weighted by Gasteiger charge is 2.29. The Morgan fingerprint density at radius 1 is 0.510 bits per heavy atom. The fourth-order valence-corrected chi connectivity index (χ4v) is 8.83. The molecule has 1 N–H and O–H groups in total. The summed E-state index contributed by atoms with van der Waals surface area (Å²) in [5, 5.41) is 0. The standard InChI is InChI=1S/C40H50O7S2/c1-37(2,3)26-39(7,8)28-11-15-30(16-12-28)46-31-19-21-33(22-20-31)48(41,42)34-23-24-35(36(25-34)49(43,44)45)47-32-17-13-29(14-18-32)40(9,10)27-38(4,5)6/h11-25H,26-27H2,1-10H3,(H,43,44,45). The summed E-state index contributed by atoms with van der Waals surface area (Å²) in [6, 6.07) is 24.4. The van der Waals surface area contributed by atoms with E-state index in [1.165, 1.54) is 42.0 Å². The van der Waals surface area contributed by atoms with Crippen LogP contribution in [0, 0.1) is 10.8 Å². The minimum absolute atomic E-state index is 0.0128. The summed E-state index contributed by atoms with van der Waals surface area (Å²) in [5.74, 6) is 1.20. The first-order valence-corrected chi connectivity index (χ1v) is 19.3. The van der Waals surface area contributed by atoms with E-state index in [1.807, 2.05) is 36.4 Å². The van der Waals surface area contributed by atoms with E-state index in [-0.39, 0.29) is 37.2 Å². The molecule has 0 radical (unpaired) electrons. The molecule has 0 spiro atoms. The molecule has 0 aromatic heterocycles. The molecule has 0 bridgehead atoms. The predicted octanol–water partition coefficient (Wildman–Crippen LogP) is 10.8. The van der Waals surface area contributed by atoms with Crippen molar-refractivity contribution in [2.24, 2.45) is 10.8 Å². The van der Waals surface area contributed by atoms with Gasteiger partial charge in [-0.1, -0.05) is 93.5 Å². The van der Waals surface area contributed by atoms with E-state index in [1.54, 1.807) is 12.1 Å². The van der Waals surface area contributed by atoms with Crippen LogP contribution in [0.1, 0.15) is 93.2 Å². The zero-order valence-corrected chi connectivity index (χ0v) is 31.9. The number of ether oxygens (including phenoxy) is 2. The van der Waals surface area contributed by atoms with Crippen molar-refractivity contribution in [1.82, 2.24) is 0 Å². The highest BCUT2D eigenvalue weighted by Crippen LogP contribution is 2.39. The summed E-state index contributed by atoms with van der Waals surface area (Å²) >= 11 is 0.